The second-order valence-corrected chi connectivity index (χ2v) is 13.5. The van der Waals surface area contributed by atoms with Gasteiger partial charge in [-0.1, -0.05) is 49.1 Å². The van der Waals surface area contributed by atoms with Crippen LogP contribution in [-0.4, -0.2) is 44.6 Å². The molecule has 0 aliphatic carbocycles. The van der Waals surface area contributed by atoms with E-state index in [0.717, 1.165) is 10.7 Å². The Labute approximate surface area is 170 Å². The van der Waals surface area contributed by atoms with Crippen molar-refractivity contribution in [3.8, 4) is 11.4 Å². The Morgan fingerprint density at radius 3 is 2.37 bits per heavy atom. The van der Waals surface area contributed by atoms with Crippen LogP contribution in [0.25, 0.3) is 11.4 Å². The minimum absolute atomic E-state index is 0.0294. The normalized spacial score (nSPS) is 12.5. The number of hydrogen-bond acceptors (Lipinski definition) is 7. The van der Waals surface area contributed by atoms with Gasteiger partial charge in [-0.2, -0.15) is 27.5 Å². The van der Waals surface area contributed by atoms with Crippen LogP contribution in [0, 0.1) is 0 Å². The number of alkyl halides is 3. The number of tetrazole rings is 1. The van der Waals surface area contributed by atoms with Gasteiger partial charge < -0.3 is 9.26 Å². The Morgan fingerprint density at radius 2 is 1.77 bits per heavy atom. The Balaban J connectivity index is 1.61. The van der Waals surface area contributed by atoms with Crippen LogP contribution in [0.15, 0.2) is 33.6 Å². The molecule has 2 aromatic heterocycles. The van der Waals surface area contributed by atoms with Crippen molar-refractivity contribution in [2.45, 2.75) is 45.1 Å². The molecule has 0 fully saturated rings. The third kappa shape index (κ3) is 5.63. The summed E-state index contributed by atoms with van der Waals surface area (Å²) < 4.78 is 49.7. The van der Waals surface area contributed by atoms with Crippen molar-refractivity contribution in [2.75, 3.05) is 6.61 Å². The first kappa shape index (κ1) is 21.9. The first-order valence-corrected chi connectivity index (χ1v) is 12.8. The van der Waals surface area contributed by atoms with E-state index in [0.29, 0.717) is 17.7 Å². The summed E-state index contributed by atoms with van der Waals surface area (Å²) in [5, 5.41) is 11.0. The number of aromatic nitrogens is 6. The molecule has 1 aromatic carbocycles. The Bertz CT molecular complexity index is 1040. The first-order chi connectivity index (χ1) is 14.0. The molecule has 0 saturated carbocycles. The average molecular weight is 442 g/mol. The van der Waals surface area contributed by atoms with Gasteiger partial charge in [0.25, 0.3) is 0 Å². The lowest BCUT2D eigenvalue weighted by Crippen LogP contribution is -2.27. The summed E-state index contributed by atoms with van der Waals surface area (Å²) in [6, 6.07) is 7.32. The summed E-state index contributed by atoms with van der Waals surface area (Å²) in [6.07, 6.45) is -4.70. The van der Waals surface area contributed by atoms with E-state index in [1.807, 2.05) is 0 Å². The molecule has 0 saturated heterocycles. The van der Waals surface area contributed by atoms with Crippen molar-refractivity contribution in [1.82, 2.24) is 29.9 Å². The fraction of sp³-hybridized carbons (Fsp3) is 0.471. The van der Waals surface area contributed by atoms with Gasteiger partial charge in [0.1, 0.15) is 6.73 Å². The predicted molar refractivity (Wildman–Crippen MR) is 102 cm³/mol. The van der Waals surface area contributed by atoms with Gasteiger partial charge in [0.2, 0.25) is 5.82 Å². The maximum absolute atomic E-state index is 12.6. The molecule has 2 heterocycles. The lowest BCUT2D eigenvalue weighted by atomic mass is 10.1. The third-order valence-corrected chi connectivity index (χ3v) is 5.82. The van der Waals surface area contributed by atoms with Gasteiger partial charge in [-0.15, -0.1) is 0 Å². The minimum Gasteiger partial charge on any atom is -0.359 e. The zero-order valence-electron chi connectivity index (χ0n) is 16.7. The fourth-order valence-corrected chi connectivity index (χ4v) is 3.16. The van der Waals surface area contributed by atoms with Crippen molar-refractivity contribution in [2.24, 2.45) is 0 Å². The van der Waals surface area contributed by atoms with Crippen molar-refractivity contribution >= 4 is 8.07 Å². The topological polar surface area (TPSA) is 101 Å². The number of ether oxygens (including phenoxy) is 1. The Kier molecular flexibility index (Phi) is 6.21. The molecule has 3 rings (SSSR count). The van der Waals surface area contributed by atoms with E-state index in [9.17, 15) is 18.0 Å². The molecule has 0 N–H and O–H groups in total. The minimum atomic E-state index is -4.70. The highest BCUT2D eigenvalue weighted by molar-refractivity contribution is 6.76. The van der Waals surface area contributed by atoms with Crippen LogP contribution in [0.5, 0.6) is 0 Å². The van der Waals surface area contributed by atoms with E-state index < -0.39 is 25.8 Å². The van der Waals surface area contributed by atoms with Crippen LogP contribution in [0.1, 0.15) is 11.5 Å². The number of halogens is 3. The van der Waals surface area contributed by atoms with Gasteiger partial charge in [0.05, 0.1) is 6.54 Å². The molecule has 13 heteroatoms. The highest BCUT2D eigenvalue weighted by Crippen LogP contribution is 2.29. The highest BCUT2D eigenvalue weighted by atomic mass is 28.3. The molecule has 0 radical (unpaired) electrons. The number of hydrogen-bond donors (Lipinski definition) is 0. The maximum atomic E-state index is 12.6. The molecule has 3 aromatic rings. The van der Waals surface area contributed by atoms with E-state index in [-0.39, 0.29) is 19.1 Å². The molecule has 0 aliphatic rings. The highest BCUT2D eigenvalue weighted by Gasteiger charge is 2.38. The third-order valence-electron chi connectivity index (χ3n) is 4.12. The maximum Gasteiger partial charge on any atom is 0.471 e. The molecule has 0 bridgehead atoms. The van der Waals surface area contributed by atoms with Gasteiger partial charge in [0.15, 0.2) is 0 Å². The number of nitrogens with zero attached hydrogens (tertiary/aromatic N) is 6. The van der Waals surface area contributed by atoms with Crippen LogP contribution >= 0.6 is 0 Å². The molecule has 0 unspecified atom stereocenters. The molecule has 0 atom stereocenters. The standard InChI is InChI=1S/C17H21F3N6O3Si/c1-30(2,3)9-8-28-11-26-16(27)25(23-24-26)10-12-4-6-13(7-5-12)14-21-15(29-22-14)17(18,19)20/h4-7H,8-11H2,1-3H3. The average Bonchev–Trinajstić information content (AvgIpc) is 3.27. The summed E-state index contributed by atoms with van der Waals surface area (Å²) in [7, 11) is -1.22. The van der Waals surface area contributed by atoms with Gasteiger partial charge in [-0.3, -0.25) is 0 Å². The van der Waals surface area contributed by atoms with Gasteiger partial charge in [-0.25, -0.2) is 4.79 Å². The van der Waals surface area contributed by atoms with Crippen LogP contribution in [0.4, 0.5) is 13.2 Å². The number of benzene rings is 1. The van der Waals surface area contributed by atoms with Crippen molar-refractivity contribution in [3.05, 3.63) is 46.2 Å². The van der Waals surface area contributed by atoms with Gasteiger partial charge in [0, 0.05) is 20.2 Å². The molecular weight excluding hydrogens is 421 g/mol. The fourth-order valence-electron chi connectivity index (χ4n) is 2.40. The predicted octanol–water partition coefficient (Wildman–Crippen LogP) is 2.87. The van der Waals surface area contributed by atoms with E-state index >= 15 is 0 Å². The smallest absolute Gasteiger partial charge is 0.359 e. The SMILES string of the molecule is C[Si](C)(C)CCOCn1nnn(Cc2ccc(-c3noc(C(F)(F)F)n3)cc2)c1=O. The molecule has 30 heavy (non-hydrogen) atoms. The summed E-state index contributed by atoms with van der Waals surface area (Å²) in [5.41, 5.74) is 0.636. The van der Waals surface area contributed by atoms with Crippen molar-refractivity contribution in [3.63, 3.8) is 0 Å². The van der Waals surface area contributed by atoms with E-state index in [4.69, 9.17) is 4.74 Å². The molecular formula is C17H21F3N6O3Si. The van der Waals surface area contributed by atoms with Gasteiger partial charge >= 0.3 is 17.8 Å². The van der Waals surface area contributed by atoms with E-state index in [1.165, 1.54) is 16.8 Å². The van der Waals surface area contributed by atoms with Crippen LogP contribution in [-0.2, 0) is 24.2 Å². The molecule has 0 amide bonds. The monoisotopic (exact) mass is 442 g/mol. The Morgan fingerprint density at radius 1 is 1.10 bits per heavy atom. The molecule has 162 valence electrons. The van der Waals surface area contributed by atoms with Crippen LogP contribution < -0.4 is 5.69 Å². The molecule has 0 spiro atoms. The molecule has 0 aliphatic heterocycles. The first-order valence-electron chi connectivity index (χ1n) is 9.11. The largest absolute Gasteiger partial charge is 0.471 e. The zero-order chi connectivity index (χ0) is 21.9. The summed E-state index contributed by atoms with van der Waals surface area (Å²) in [6.45, 7) is 7.44. The Hall–Kier alpha value is -2.80. The quantitative estimate of drug-likeness (QED) is 0.391. The van der Waals surface area contributed by atoms with Crippen molar-refractivity contribution in [1.29, 1.82) is 0 Å². The zero-order valence-corrected chi connectivity index (χ0v) is 17.7. The summed E-state index contributed by atoms with van der Waals surface area (Å²) >= 11 is 0. The van der Waals surface area contributed by atoms with E-state index in [2.05, 4.69) is 44.7 Å². The van der Waals surface area contributed by atoms with Crippen molar-refractivity contribution < 1.29 is 22.4 Å². The molecule has 9 nitrogen and oxygen atoms in total. The van der Waals surface area contributed by atoms with Crippen LogP contribution in [0.3, 0.4) is 0 Å². The lowest BCUT2D eigenvalue weighted by Gasteiger charge is -2.14. The lowest BCUT2D eigenvalue weighted by molar-refractivity contribution is -0.159. The summed E-state index contributed by atoms with van der Waals surface area (Å²) in [4.78, 5) is 15.7. The second-order valence-electron chi connectivity index (χ2n) is 7.88. The van der Waals surface area contributed by atoms with E-state index in [1.54, 1.807) is 12.1 Å². The second kappa shape index (κ2) is 8.51. The number of rotatable bonds is 8. The summed E-state index contributed by atoms with van der Waals surface area (Å²) in [5.74, 6) is -1.58. The van der Waals surface area contributed by atoms with Gasteiger partial charge in [-0.05, 0) is 22.0 Å². The van der Waals surface area contributed by atoms with Crippen LogP contribution in [0.2, 0.25) is 25.7 Å².